The highest BCUT2D eigenvalue weighted by Crippen LogP contribution is 1.64. The molecule has 2 heterocycles. The van der Waals surface area contributed by atoms with Crippen LogP contribution >= 0.6 is 0 Å². The molecule has 11 heavy (non-hydrogen) atoms. The molecule has 2 aromatic heterocycles. The molecule has 2 aromatic rings. The molecule has 0 atom stereocenters. The maximum atomic E-state index is 9.81. The van der Waals surface area contributed by atoms with Gasteiger partial charge in [-0.25, -0.2) is 9.89 Å². The Morgan fingerprint density at radius 3 is 2.55 bits per heavy atom. The number of hydrogen-bond donors (Lipinski definition) is 3. The fourth-order valence-electron chi connectivity index (χ4n) is 0.383. The molecule has 7 nitrogen and oxygen atoms in total. The molecule has 0 saturated carbocycles. The van der Waals surface area contributed by atoms with E-state index >= 15 is 0 Å². The average molecular weight is 154 g/mol. The Hall–Kier alpha value is -1.92. The third-order valence-electron chi connectivity index (χ3n) is 0.760. The highest BCUT2D eigenvalue weighted by molar-refractivity contribution is 4.72. The van der Waals surface area contributed by atoms with E-state index < -0.39 is 5.69 Å². The van der Waals surface area contributed by atoms with Crippen LogP contribution in [0.2, 0.25) is 0 Å². The van der Waals surface area contributed by atoms with Gasteiger partial charge in [-0.1, -0.05) is 5.10 Å². The zero-order valence-electron chi connectivity index (χ0n) is 5.48. The van der Waals surface area contributed by atoms with E-state index in [2.05, 4.69) is 30.8 Å². The molecule has 0 radical (unpaired) electrons. The van der Waals surface area contributed by atoms with Crippen LogP contribution in [0, 0.1) is 0 Å². The van der Waals surface area contributed by atoms with Crippen LogP contribution in [0.5, 0.6) is 0 Å². The van der Waals surface area contributed by atoms with Crippen LogP contribution in [0.15, 0.2) is 23.3 Å². The van der Waals surface area contributed by atoms with Gasteiger partial charge >= 0.3 is 5.69 Å². The molecule has 0 aliphatic heterocycles. The lowest BCUT2D eigenvalue weighted by Gasteiger charge is -1.49. The molecule has 0 fully saturated rings. The maximum absolute atomic E-state index is 9.81. The predicted molar refractivity (Wildman–Crippen MR) is 35.6 cm³/mol. The Kier molecular flexibility index (Phi) is 2.61. The fraction of sp³-hybridized carbons (Fsp3) is 0. The minimum absolute atomic E-state index is 0.449. The van der Waals surface area contributed by atoms with E-state index in [-0.39, 0.29) is 0 Å². The number of hydrogen-bond acceptors (Lipinski definition) is 4. The summed E-state index contributed by atoms with van der Waals surface area (Å²) in [7, 11) is 0. The van der Waals surface area contributed by atoms with Crippen molar-refractivity contribution in [3.63, 3.8) is 0 Å². The summed E-state index contributed by atoms with van der Waals surface area (Å²) in [5.41, 5.74) is -0.449. The van der Waals surface area contributed by atoms with Gasteiger partial charge in [0.15, 0.2) is 0 Å². The van der Waals surface area contributed by atoms with Gasteiger partial charge in [0.05, 0.1) is 0 Å². The van der Waals surface area contributed by atoms with Crippen molar-refractivity contribution in [3.8, 4) is 0 Å². The summed E-state index contributed by atoms with van der Waals surface area (Å²) in [6.45, 7) is 0. The van der Waals surface area contributed by atoms with Crippen LogP contribution in [0.25, 0.3) is 0 Å². The number of nitrogens with zero attached hydrogens (tertiary/aromatic N) is 3. The van der Waals surface area contributed by atoms with Crippen LogP contribution in [0.1, 0.15) is 0 Å². The first-order chi connectivity index (χ1) is 5.39. The second kappa shape index (κ2) is 3.99. The SMILES string of the molecule is O=c1nn[nH][nH]1.c1cn[nH]c1. The Bertz CT molecular complexity index is 273. The molecule has 2 rings (SSSR count). The van der Waals surface area contributed by atoms with Crippen LogP contribution < -0.4 is 5.69 Å². The second-order valence-electron chi connectivity index (χ2n) is 1.51. The first-order valence-electron chi connectivity index (χ1n) is 2.79. The molecule has 3 N–H and O–H groups in total. The molecule has 7 heteroatoms. The lowest BCUT2D eigenvalue weighted by Crippen LogP contribution is -2.00. The normalized spacial score (nSPS) is 8.36. The van der Waals surface area contributed by atoms with E-state index in [9.17, 15) is 4.79 Å². The first-order valence-corrected chi connectivity index (χ1v) is 2.79. The molecule has 0 amide bonds. The number of H-pyrrole nitrogens is 3. The van der Waals surface area contributed by atoms with Crippen molar-refractivity contribution in [2.24, 2.45) is 0 Å². The van der Waals surface area contributed by atoms with E-state index in [0.29, 0.717) is 0 Å². The summed E-state index contributed by atoms with van der Waals surface area (Å²) in [5, 5.41) is 16.5. The molecule has 0 aliphatic rings. The summed E-state index contributed by atoms with van der Waals surface area (Å²) in [4.78, 5) is 9.81. The lowest BCUT2D eigenvalue weighted by molar-refractivity contribution is 0.881. The van der Waals surface area contributed by atoms with Gasteiger partial charge in [0.25, 0.3) is 0 Å². The van der Waals surface area contributed by atoms with Crippen LogP contribution in [-0.4, -0.2) is 30.8 Å². The second-order valence-corrected chi connectivity index (χ2v) is 1.51. The largest absolute Gasteiger partial charge is 0.380 e. The highest BCUT2D eigenvalue weighted by atomic mass is 16.2. The summed E-state index contributed by atoms with van der Waals surface area (Å²) < 4.78 is 0. The summed E-state index contributed by atoms with van der Waals surface area (Å²) in [6.07, 6.45) is 3.46. The third-order valence-corrected chi connectivity index (χ3v) is 0.760. The van der Waals surface area contributed by atoms with Crippen LogP contribution in [-0.2, 0) is 0 Å². The molecular weight excluding hydrogens is 148 g/mol. The lowest BCUT2D eigenvalue weighted by atomic mass is 10.8. The number of aromatic nitrogens is 6. The Labute approximate surface area is 60.8 Å². The zero-order valence-corrected chi connectivity index (χ0v) is 5.48. The topological polar surface area (TPSA) is 103 Å². The highest BCUT2D eigenvalue weighted by Gasteiger charge is 1.73. The number of rotatable bonds is 0. The molecule has 0 unspecified atom stereocenters. The monoisotopic (exact) mass is 154 g/mol. The standard InChI is InChI=1S/C3H4N2.CH2N4O/c1-2-4-5-3-1;6-1-2-4-5-3-1/h1-3H,(H,4,5);(H2,2,3,4,5,6). The van der Waals surface area contributed by atoms with E-state index in [1.165, 1.54) is 0 Å². The quantitative estimate of drug-likeness (QED) is 0.448. The Balaban J connectivity index is 0.000000112. The van der Waals surface area contributed by atoms with Crippen LogP contribution in [0.3, 0.4) is 0 Å². The van der Waals surface area contributed by atoms with Crippen molar-refractivity contribution in [3.05, 3.63) is 28.9 Å². The van der Waals surface area contributed by atoms with E-state index in [4.69, 9.17) is 0 Å². The summed E-state index contributed by atoms with van der Waals surface area (Å²) in [5.74, 6) is 0. The summed E-state index contributed by atoms with van der Waals surface area (Å²) >= 11 is 0. The average Bonchev–Trinajstić information content (AvgIpc) is 2.57. The Morgan fingerprint density at radius 1 is 1.45 bits per heavy atom. The van der Waals surface area contributed by atoms with Gasteiger partial charge in [0.1, 0.15) is 0 Å². The first kappa shape index (κ1) is 7.19. The van der Waals surface area contributed by atoms with Crippen LogP contribution in [0.4, 0.5) is 0 Å². The molecule has 0 spiro atoms. The van der Waals surface area contributed by atoms with Crippen molar-refractivity contribution in [2.75, 3.05) is 0 Å². The zero-order chi connectivity index (χ0) is 7.94. The summed E-state index contributed by atoms with van der Waals surface area (Å²) in [6, 6.07) is 1.83. The minimum Gasteiger partial charge on any atom is -0.286 e. The van der Waals surface area contributed by atoms with Gasteiger partial charge < -0.3 is 0 Å². The molecule has 58 valence electrons. The van der Waals surface area contributed by atoms with Gasteiger partial charge in [-0.2, -0.15) is 10.3 Å². The van der Waals surface area contributed by atoms with Gasteiger partial charge in [0, 0.05) is 12.4 Å². The Morgan fingerprint density at radius 2 is 2.36 bits per heavy atom. The fourth-order valence-corrected chi connectivity index (χ4v) is 0.383. The smallest absolute Gasteiger partial charge is 0.286 e. The number of nitrogens with one attached hydrogen (secondary N) is 3. The van der Waals surface area contributed by atoms with E-state index in [1.54, 1.807) is 12.4 Å². The van der Waals surface area contributed by atoms with Crippen molar-refractivity contribution < 1.29 is 0 Å². The van der Waals surface area contributed by atoms with Gasteiger partial charge in [-0.05, 0) is 11.3 Å². The minimum atomic E-state index is -0.449. The molecule has 0 aromatic carbocycles. The predicted octanol–water partition coefficient (Wildman–Crippen LogP) is -1.10. The van der Waals surface area contributed by atoms with E-state index in [1.807, 2.05) is 6.07 Å². The molecular formula is C4H6N6O. The van der Waals surface area contributed by atoms with Gasteiger partial charge in [-0.3, -0.25) is 5.10 Å². The molecule has 0 aliphatic carbocycles. The van der Waals surface area contributed by atoms with Crippen molar-refractivity contribution in [2.45, 2.75) is 0 Å². The third kappa shape index (κ3) is 2.94. The number of aromatic amines is 3. The van der Waals surface area contributed by atoms with Crippen molar-refractivity contribution in [1.29, 1.82) is 0 Å². The van der Waals surface area contributed by atoms with Crippen molar-refractivity contribution >= 4 is 0 Å². The van der Waals surface area contributed by atoms with E-state index in [0.717, 1.165) is 0 Å². The van der Waals surface area contributed by atoms with Gasteiger partial charge in [-0.15, -0.1) is 0 Å². The number of tetrazole rings is 1. The van der Waals surface area contributed by atoms with Crippen molar-refractivity contribution in [1.82, 2.24) is 30.8 Å². The molecule has 0 bridgehead atoms. The molecule has 0 saturated heterocycles. The van der Waals surface area contributed by atoms with Gasteiger partial charge in [0.2, 0.25) is 0 Å². The maximum Gasteiger partial charge on any atom is 0.380 e.